The molecule has 1 saturated heterocycles. The number of amides is 1. The Labute approximate surface area is 222 Å². The van der Waals surface area contributed by atoms with Gasteiger partial charge in [-0.15, -0.1) is 0 Å². The number of hydrogen-bond donors (Lipinski definition) is 4. The van der Waals surface area contributed by atoms with Crippen molar-refractivity contribution in [1.82, 2.24) is 10.2 Å². The summed E-state index contributed by atoms with van der Waals surface area (Å²) in [6.45, 7) is 8.94. The molecular formula is C30H33N5O3. The molecule has 38 heavy (non-hydrogen) atoms. The lowest BCUT2D eigenvalue weighted by atomic mass is 9.69. The van der Waals surface area contributed by atoms with Crippen LogP contribution in [0.2, 0.25) is 0 Å². The lowest BCUT2D eigenvalue weighted by Gasteiger charge is -2.33. The molecule has 2 aromatic rings. The van der Waals surface area contributed by atoms with E-state index in [4.69, 9.17) is 11.5 Å². The minimum atomic E-state index is -1.34. The van der Waals surface area contributed by atoms with E-state index in [0.29, 0.717) is 60.3 Å². The topological polar surface area (TPSA) is 145 Å². The van der Waals surface area contributed by atoms with Crippen molar-refractivity contribution >= 4 is 17.6 Å². The number of nitrogens with one attached hydrogen (secondary N) is 1. The average Bonchev–Trinajstić information content (AvgIpc) is 3.58. The number of carboxylic acids is 1. The van der Waals surface area contributed by atoms with Crippen LogP contribution in [0.3, 0.4) is 0 Å². The van der Waals surface area contributed by atoms with Gasteiger partial charge < -0.3 is 26.8 Å². The summed E-state index contributed by atoms with van der Waals surface area (Å²) in [5, 5.41) is 23.7. The number of nitriles is 1. The molecule has 1 saturated carbocycles. The van der Waals surface area contributed by atoms with Gasteiger partial charge in [0.15, 0.2) is 0 Å². The normalized spacial score (nSPS) is 24.8. The molecule has 1 amide bonds. The Bertz CT molecular complexity index is 1330. The molecule has 8 nitrogen and oxygen atoms in total. The van der Waals surface area contributed by atoms with Crippen molar-refractivity contribution in [2.24, 2.45) is 17.4 Å². The standard InChI is InChI=1S/C30H33N5O3/c1-17(35-24(15-31)13-23-14-27(23)35)16-34-10-9-30(29(37)38)25-7-5-19(18(2)32)11-20(25)3-4-21-12-22(28(33)36)6-8-26(21)30/h5-8,11-12,23-24,27,34H,1-4,9-10,13-14,16,32H2,(H2,33,36)(H,37,38)/t23-,24?,27+,30?/m1/s1. The van der Waals surface area contributed by atoms with Crippen molar-refractivity contribution in [2.75, 3.05) is 13.1 Å². The van der Waals surface area contributed by atoms with Gasteiger partial charge in [-0.2, -0.15) is 5.26 Å². The van der Waals surface area contributed by atoms with E-state index in [1.54, 1.807) is 18.2 Å². The molecule has 8 heteroatoms. The fourth-order valence-corrected chi connectivity index (χ4v) is 6.43. The number of carbonyl (C=O) groups excluding carboxylic acids is 1. The molecular weight excluding hydrogens is 478 g/mol. The van der Waals surface area contributed by atoms with Crippen LogP contribution in [-0.4, -0.2) is 47.1 Å². The van der Waals surface area contributed by atoms with Gasteiger partial charge in [0.25, 0.3) is 0 Å². The molecule has 0 radical (unpaired) electrons. The van der Waals surface area contributed by atoms with E-state index in [9.17, 15) is 20.0 Å². The summed E-state index contributed by atoms with van der Waals surface area (Å²) in [6, 6.07) is 13.3. The zero-order valence-electron chi connectivity index (χ0n) is 21.4. The molecule has 2 aromatic carbocycles. The Morgan fingerprint density at radius 3 is 2.29 bits per heavy atom. The second kappa shape index (κ2) is 9.66. The first-order chi connectivity index (χ1) is 18.2. The average molecular weight is 512 g/mol. The third-order valence-corrected chi connectivity index (χ3v) is 8.44. The van der Waals surface area contributed by atoms with Gasteiger partial charge in [-0.05, 0) is 90.6 Å². The molecule has 2 fully saturated rings. The Kier molecular flexibility index (Phi) is 6.49. The highest BCUT2D eigenvalue weighted by molar-refractivity contribution is 5.94. The quantitative estimate of drug-likeness (QED) is 0.379. The number of carboxylic acid groups (broad SMARTS) is 1. The van der Waals surface area contributed by atoms with Crippen molar-refractivity contribution in [1.29, 1.82) is 5.26 Å². The Morgan fingerprint density at radius 1 is 1.08 bits per heavy atom. The summed E-state index contributed by atoms with van der Waals surface area (Å²) in [5.41, 5.74) is 15.6. The number of nitrogens with zero attached hydrogens (tertiary/aromatic N) is 2. The Morgan fingerprint density at radius 2 is 1.71 bits per heavy atom. The molecule has 2 aliphatic carbocycles. The third-order valence-electron chi connectivity index (χ3n) is 8.44. The Balaban J connectivity index is 1.46. The zero-order valence-corrected chi connectivity index (χ0v) is 21.4. The fourth-order valence-electron chi connectivity index (χ4n) is 6.43. The van der Waals surface area contributed by atoms with Gasteiger partial charge in [0.05, 0.1) is 6.07 Å². The predicted molar refractivity (Wildman–Crippen MR) is 145 cm³/mol. The SMILES string of the molecule is C=C(N)c1ccc2c(c1)CCc1cc(C(N)=O)ccc1C2(CCNCC(=C)N1C(C#N)C[C@@H]2C[C@@H]21)C(=O)O. The first kappa shape index (κ1) is 25.6. The lowest BCUT2D eigenvalue weighted by Crippen LogP contribution is -2.42. The van der Waals surface area contributed by atoms with Crippen molar-refractivity contribution in [3.05, 3.63) is 88.6 Å². The molecule has 3 aliphatic rings. The van der Waals surface area contributed by atoms with Gasteiger partial charge >= 0.3 is 5.97 Å². The lowest BCUT2D eigenvalue weighted by molar-refractivity contribution is -0.142. The summed E-state index contributed by atoms with van der Waals surface area (Å²) in [6.07, 6.45) is 3.44. The second-order valence-electron chi connectivity index (χ2n) is 10.7. The molecule has 0 spiro atoms. The van der Waals surface area contributed by atoms with E-state index in [1.807, 2.05) is 18.2 Å². The highest BCUT2D eigenvalue weighted by Gasteiger charge is 2.52. The largest absolute Gasteiger partial charge is 0.480 e. The number of primary amides is 1. The Hall–Kier alpha value is -4.09. The molecule has 6 N–H and O–H groups in total. The molecule has 0 aromatic heterocycles. The van der Waals surface area contributed by atoms with E-state index in [0.717, 1.165) is 35.2 Å². The van der Waals surface area contributed by atoms with Crippen LogP contribution in [0.4, 0.5) is 0 Å². The van der Waals surface area contributed by atoms with Crippen LogP contribution in [0.15, 0.2) is 55.3 Å². The van der Waals surface area contributed by atoms with Crippen molar-refractivity contribution in [3.63, 3.8) is 0 Å². The number of hydrogen-bond acceptors (Lipinski definition) is 6. The fraction of sp³-hybridized carbons (Fsp3) is 0.367. The maximum Gasteiger partial charge on any atom is 0.318 e. The summed E-state index contributed by atoms with van der Waals surface area (Å²) < 4.78 is 0. The monoisotopic (exact) mass is 511 g/mol. The van der Waals surface area contributed by atoms with E-state index >= 15 is 0 Å². The highest BCUT2D eigenvalue weighted by atomic mass is 16.4. The third kappa shape index (κ3) is 4.23. The van der Waals surface area contributed by atoms with E-state index < -0.39 is 17.3 Å². The maximum atomic E-state index is 13.2. The number of carbonyl (C=O) groups is 2. The molecule has 1 heterocycles. The predicted octanol–water partition coefficient (Wildman–Crippen LogP) is 2.66. The number of likely N-dealkylation sites (tertiary alicyclic amines) is 1. The van der Waals surface area contributed by atoms with Gasteiger partial charge in [-0.1, -0.05) is 31.4 Å². The van der Waals surface area contributed by atoms with Gasteiger partial charge in [0, 0.05) is 29.5 Å². The number of benzene rings is 2. The first-order valence-corrected chi connectivity index (χ1v) is 13.0. The summed E-state index contributed by atoms with van der Waals surface area (Å²) in [7, 11) is 0. The number of nitrogens with two attached hydrogens (primary N) is 2. The van der Waals surface area contributed by atoms with Crippen LogP contribution in [0, 0.1) is 17.2 Å². The number of fused-ring (bicyclic) bond motifs is 3. The van der Waals surface area contributed by atoms with Gasteiger partial charge in [0.2, 0.25) is 5.91 Å². The van der Waals surface area contributed by atoms with Crippen LogP contribution in [0.25, 0.3) is 5.70 Å². The van der Waals surface area contributed by atoms with Crippen molar-refractivity contribution in [2.45, 2.75) is 49.6 Å². The molecule has 5 rings (SSSR count). The second-order valence-corrected chi connectivity index (χ2v) is 10.7. The number of aryl methyl sites for hydroxylation is 2. The number of aliphatic carboxylic acids is 1. The molecule has 1 aliphatic heterocycles. The minimum absolute atomic E-state index is 0.134. The molecule has 196 valence electrons. The first-order valence-electron chi connectivity index (χ1n) is 13.0. The maximum absolute atomic E-state index is 13.2. The van der Waals surface area contributed by atoms with E-state index in [2.05, 4.69) is 29.4 Å². The van der Waals surface area contributed by atoms with Gasteiger partial charge in [0.1, 0.15) is 11.5 Å². The van der Waals surface area contributed by atoms with Crippen molar-refractivity contribution < 1.29 is 14.7 Å². The smallest absolute Gasteiger partial charge is 0.318 e. The van der Waals surface area contributed by atoms with Crippen LogP contribution in [0.1, 0.15) is 57.4 Å². The highest BCUT2D eigenvalue weighted by Crippen LogP contribution is 2.49. The van der Waals surface area contributed by atoms with Gasteiger partial charge in [-0.3, -0.25) is 9.59 Å². The van der Waals surface area contributed by atoms with Crippen molar-refractivity contribution in [3.8, 4) is 6.07 Å². The number of piperidine rings is 1. The van der Waals surface area contributed by atoms with E-state index in [1.165, 1.54) is 0 Å². The summed E-state index contributed by atoms with van der Waals surface area (Å²) in [4.78, 5) is 27.3. The molecule has 2 unspecified atom stereocenters. The van der Waals surface area contributed by atoms with E-state index in [-0.39, 0.29) is 12.5 Å². The van der Waals surface area contributed by atoms with Crippen LogP contribution < -0.4 is 16.8 Å². The minimum Gasteiger partial charge on any atom is -0.480 e. The van der Waals surface area contributed by atoms with Crippen LogP contribution >= 0.6 is 0 Å². The molecule has 4 atom stereocenters. The van der Waals surface area contributed by atoms with Crippen LogP contribution in [0.5, 0.6) is 0 Å². The van der Waals surface area contributed by atoms with Crippen LogP contribution in [-0.2, 0) is 23.1 Å². The summed E-state index contributed by atoms with van der Waals surface area (Å²) >= 11 is 0. The van der Waals surface area contributed by atoms with Gasteiger partial charge in [-0.25, -0.2) is 0 Å². The summed E-state index contributed by atoms with van der Waals surface area (Å²) in [5.74, 6) is -0.920. The zero-order chi connectivity index (χ0) is 27.2. The number of rotatable bonds is 9. The molecule has 0 bridgehead atoms.